The molecule has 2 N–H and O–H groups in total. The van der Waals surface area contributed by atoms with Crippen LogP contribution < -0.4 is 24.3 Å². The number of nitrogens with one attached hydrogen (secondary N) is 1. The van der Waals surface area contributed by atoms with Gasteiger partial charge in [-0.2, -0.15) is 5.26 Å². The van der Waals surface area contributed by atoms with Crippen LogP contribution in [0.2, 0.25) is 0 Å². The van der Waals surface area contributed by atoms with E-state index in [0.29, 0.717) is 51.7 Å². The number of benzene rings is 2. The fourth-order valence-corrected chi connectivity index (χ4v) is 9.82. The van der Waals surface area contributed by atoms with Gasteiger partial charge in [0.05, 0.1) is 30.5 Å². The van der Waals surface area contributed by atoms with E-state index in [1.807, 2.05) is 20.0 Å². The van der Waals surface area contributed by atoms with Crippen molar-refractivity contribution in [2.24, 2.45) is 0 Å². The number of aryl methyl sites for hydroxylation is 1. The molecule has 0 saturated carbocycles. The highest BCUT2D eigenvalue weighted by molar-refractivity contribution is 7.99. The Kier molecular flexibility index (Phi) is 7.69. The molecule has 0 aliphatic carbocycles. The molecular formula is C33H36N4O9S. The molecule has 2 aromatic rings. The zero-order valence-electron chi connectivity index (χ0n) is 26.9. The monoisotopic (exact) mass is 664 g/mol. The zero-order chi connectivity index (χ0) is 33.5. The number of thioether (sulfide) groups is 1. The zero-order valence-corrected chi connectivity index (χ0v) is 27.7. The van der Waals surface area contributed by atoms with Gasteiger partial charge in [-0.3, -0.25) is 19.4 Å². The second kappa shape index (κ2) is 11.5. The van der Waals surface area contributed by atoms with Gasteiger partial charge in [0.1, 0.15) is 24.4 Å². The number of esters is 2. The number of ether oxygens (including phenoxy) is 5. The van der Waals surface area contributed by atoms with Gasteiger partial charge in [-0.25, -0.2) is 4.79 Å². The van der Waals surface area contributed by atoms with Crippen LogP contribution in [0.25, 0.3) is 0 Å². The Bertz CT molecular complexity index is 1760. The number of nitriles is 1. The molecule has 5 aliphatic heterocycles. The lowest BCUT2D eigenvalue weighted by Gasteiger charge is -2.61. The van der Waals surface area contributed by atoms with Crippen LogP contribution in [0.15, 0.2) is 6.07 Å². The van der Waals surface area contributed by atoms with E-state index in [9.17, 15) is 24.8 Å². The summed E-state index contributed by atoms with van der Waals surface area (Å²) in [7, 11) is 3.48. The first-order valence-electron chi connectivity index (χ1n) is 15.5. The highest BCUT2D eigenvalue weighted by atomic mass is 32.2. The summed E-state index contributed by atoms with van der Waals surface area (Å²) in [5, 5.41) is 24.9. The molecule has 47 heavy (non-hydrogen) atoms. The van der Waals surface area contributed by atoms with Crippen LogP contribution in [0.3, 0.4) is 0 Å². The molecule has 5 heterocycles. The summed E-state index contributed by atoms with van der Waals surface area (Å²) >= 11 is 1.39. The van der Waals surface area contributed by atoms with Gasteiger partial charge in [0.15, 0.2) is 23.0 Å². The molecule has 7 rings (SSSR count). The summed E-state index contributed by atoms with van der Waals surface area (Å²) in [6.07, 6.45) is 0.494. The number of amides is 1. The Labute approximate surface area is 276 Å². The van der Waals surface area contributed by atoms with Crippen molar-refractivity contribution >= 4 is 29.6 Å². The third-order valence-corrected chi connectivity index (χ3v) is 11.4. The average Bonchev–Trinajstić information content (AvgIpc) is 3.50. The van der Waals surface area contributed by atoms with Crippen LogP contribution in [0, 0.1) is 25.2 Å². The fraction of sp³-hybridized carbons (Fsp3) is 0.515. The number of cyclic esters (lactones) is 1. The van der Waals surface area contributed by atoms with Gasteiger partial charge in [0.25, 0.3) is 0 Å². The lowest BCUT2D eigenvalue weighted by atomic mass is 9.71. The fourth-order valence-electron chi connectivity index (χ4n) is 8.31. The van der Waals surface area contributed by atoms with E-state index in [2.05, 4.69) is 21.2 Å². The van der Waals surface area contributed by atoms with Crippen LogP contribution in [-0.4, -0.2) is 90.2 Å². The standard InChI is InChI=1S/C33H36N4O9S/c1-13-7-17-8-19-20(9-34)37-21-10-43-33(41)18(35-15(3)38)11-47-32(26(37)25(36(19)5)22(17)27(40)28(13)42-6)24-23(21)31-30(44-12-45-31)14(2)29(24)46-16(4)39/h7,18-21,25-26,32,40H,8,10-12H2,1-6H3,(H,35,38)/t18?,19?,20-,21-,25?,26?,32+/m0/s1. The molecule has 4 unspecified atom stereocenters. The van der Waals surface area contributed by atoms with Crippen LogP contribution in [0.4, 0.5) is 0 Å². The molecule has 0 spiro atoms. The smallest absolute Gasteiger partial charge is 0.329 e. The number of methoxy groups -OCH3 is 1. The third-order valence-electron chi connectivity index (χ3n) is 10.0. The summed E-state index contributed by atoms with van der Waals surface area (Å²) in [6.45, 7) is 6.13. The van der Waals surface area contributed by atoms with Crippen molar-refractivity contribution < 1.29 is 43.2 Å². The molecule has 0 aromatic heterocycles. The maximum absolute atomic E-state index is 13.4. The number of fused-ring (bicyclic) bond motifs is 9. The first kappa shape index (κ1) is 31.4. The molecule has 5 aliphatic rings. The van der Waals surface area contributed by atoms with E-state index in [1.54, 1.807) is 6.92 Å². The number of nitrogens with zero attached hydrogens (tertiary/aromatic N) is 3. The maximum Gasteiger partial charge on any atom is 0.329 e. The van der Waals surface area contributed by atoms with E-state index >= 15 is 0 Å². The third kappa shape index (κ3) is 4.62. The first-order chi connectivity index (χ1) is 22.5. The number of phenols is 1. The van der Waals surface area contributed by atoms with E-state index in [4.69, 9.17) is 23.7 Å². The molecule has 1 amide bonds. The summed E-state index contributed by atoms with van der Waals surface area (Å²) in [4.78, 5) is 42.5. The average molecular weight is 665 g/mol. The Morgan fingerprint density at radius 2 is 1.87 bits per heavy atom. The van der Waals surface area contributed by atoms with Gasteiger partial charge in [-0.05, 0) is 38.4 Å². The lowest BCUT2D eigenvalue weighted by molar-refractivity contribution is -0.152. The van der Waals surface area contributed by atoms with E-state index in [-0.39, 0.29) is 36.9 Å². The second-order valence-electron chi connectivity index (χ2n) is 12.6. The van der Waals surface area contributed by atoms with Gasteiger partial charge in [0, 0.05) is 53.9 Å². The predicted octanol–water partition coefficient (Wildman–Crippen LogP) is 2.74. The molecule has 2 saturated heterocycles. The number of carbonyl (C=O) groups excluding carboxylic acids is 3. The Balaban J connectivity index is 1.54. The number of aromatic hydroxyl groups is 1. The normalized spacial score (nSPS) is 29.0. The minimum atomic E-state index is -0.948. The maximum atomic E-state index is 13.4. The van der Waals surface area contributed by atoms with Crippen molar-refractivity contribution in [1.82, 2.24) is 15.1 Å². The number of carbonyl (C=O) groups is 3. The molecule has 7 atom stereocenters. The van der Waals surface area contributed by atoms with Crippen molar-refractivity contribution in [1.29, 1.82) is 5.26 Å². The van der Waals surface area contributed by atoms with Crippen LogP contribution >= 0.6 is 11.8 Å². The molecule has 248 valence electrons. The van der Waals surface area contributed by atoms with Crippen molar-refractivity contribution in [3.8, 4) is 34.8 Å². The molecule has 4 bridgehead atoms. The number of phenolic OH excluding ortho intramolecular Hbond substituents is 1. The highest BCUT2D eigenvalue weighted by Crippen LogP contribution is 2.64. The van der Waals surface area contributed by atoms with Gasteiger partial charge >= 0.3 is 11.9 Å². The van der Waals surface area contributed by atoms with Crippen LogP contribution in [0.5, 0.6) is 28.7 Å². The van der Waals surface area contributed by atoms with Crippen LogP contribution in [0.1, 0.15) is 64.6 Å². The molecule has 13 nitrogen and oxygen atoms in total. The second-order valence-corrected chi connectivity index (χ2v) is 13.8. The number of hydrogen-bond donors (Lipinski definition) is 2. The number of rotatable bonds is 3. The van der Waals surface area contributed by atoms with Crippen molar-refractivity contribution in [2.45, 2.75) is 75.6 Å². The van der Waals surface area contributed by atoms with Gasteiger partial charge < -0.3 is 34.1 Å². The Hall–Kier alpha value is -4.19. The summed E-state index contributed by atoms with van der Waals surface area (Å²) in [5.74, 6) is 0.248. The van der Waals surface area contributed by atoms with Crippen molar-refractivity contribution in [3.63, 3.8) is 0 Å². The highest BCUT2D eigenvalue weighted by Gasteiger charge is 2.60. The van der Waals surface area contributed by atoms with Crippen molar-refractivity contribution in [2.75, 3.05) is 33.3 Å². The minimum Gasteiger partial charge on any atom is -0.504 e. The predicted molar refractivity (Wildman–Crippen MR) is 168 cm³/mol. The summed E-state index contributed by atoms with van der Waals surface area (Å²) in [5.41, 5.74) is 4.30. The molecule has 14 heteroatoms. The Morgan fingerprint density at radius 1 is 1.13 bits per heavy atom. The van der Waals surface area contributed by atoms with E-state index in [0.717, 1.165) is 11.1 Å². The van der Waals surface area contributed by atoms with E-state index in [1.165, 1.54) is 32.7 Å². The van der Waals surface area contributed by atoms with Gasteiger partial charge in [-0.1, -0.05) is 6.07 Å². The topological polar surface area (TPSA) is 160 Å². The Morgan fingerprint density at radius 3 is 2.55 bits per heavy atom. The summed E-state index contributed by atoms with van der Waals surface area (Å²) < 4.78 is 29.6. The SMILES string of the molecule is COc1c(C)cc2c(c1O)C1C3[C@@H]4SCC(NC(C)=O)C(=O)OC[C@@H](c5c6c(c(C)c(OC(C)=O)c54)OCO6)N3[C@@H](C#N)C(C2)N1C. The summed E-state index contributed by atoms with van der Waals surface area (Å²) in [6, 6.07) is 1.02. The number of hydrogen-bond acceptors (Lipinski definition) is 13. The lowest BCUT2D eigenvalue weighted by Crippen LogP contribution is -2.69. The molecule has 2 aromatic carbocycles. The molecular weight excluding hydrogens is 628 g/mol. The van der Waals surface area contributed by atoms with Crippen LogP contribution in [-0.2, 0) is 25.5 Å². The number of likely N-dealkylation sites (N-methyl/N-ethyl adjacent to an activating group) is 1. The first-order valence-corrected chi connectivity index (χ1v) is 16.5. The quantitative estimate of drug-likeness (QED) is 0.365. The number of piperazine rings is 1. The van der Waals surface area contributed by atoms with Gasteiger partial charge in [-0.15, -0.1) is 11.8 Å². The van der Waals surface area contributed by atoms with E-state index < -0.39 is 47.4 Å². The van der Waals surface area contributed by atoms with Crippen molar-refractivity contribution in [3.05, 3.63) is 39.4 Å². The molecule has 0 radical (unpaired) electrons. The van der Waals surface area contributed by atoms with Gasteiger partial charge in [0.2, 0.25) is 12.7 Å². The largest absolute Gasteiger partial charge is 0.504 e. The molecule has 2 fully saturated rings. The minimum absolute atomic E-state index is 0.0379.